The highest BCUT2D eigenvalue weighted by Crippen LogP contribution is 1.80. The van der Waals surface area contributed by atoms with Crippen LogP contribution in [0.4, 0.5) is 0 Å². The smallest absolute Gasteiger partial charge is 0.143 e. The second kappa shape index (κ2) is 6.31. The molecule has 0 bridgehead atoms. The molecule has 0 aromatic rings. The van der Waals surface area contributed by atoms with Crippen molar-refractivity contribution in [3.05, 3.63) is 0 Å². The van der Waals surface area contributed by atoms with Crippen LogP contribution in [0.15, 0.2) is 0 Å². The molecule has 11 heavy (non-hydrogen) atoms. The Balaban J connectivity index is 3.22. The Labute approximate surface area is 68.8 Å². The molecule has 0 aromatic carbocycles. The zero-order valence-electron chi connectivity index (χ0n) is 7.68. The maximum atomic E-state index is 10.6. The summed E-state index contributed by atoms with van der Waals surface area (Å²) in [5.74, 6) is 0.226. The zero-order valence-corrected chi connectivity index (χ0v) is 7.68. The number of rotatable bonds is 6. The highest BCUT2D eigenvalue weighted by molar-refractivity contribution is 5.77. The van der Waals surface area contributed by atoms with E-state index >= 15 is 0 Å². The van der Waals surface area contributed by atoms with E-state index in [0.717, 1.165) is 19.6 Å². The van der Waals surface area contributed by atoms with Crippen LogP contribution in [0.2, 0.25) is 0 Å². The Morgan fingerprint density at radius 3 is 2.64 bits per heavy atom. The predicted octanol–water partition coefficient (Wildman–Crippen LogP) is 0.117. The Bertz CT molecular complexity index is 115. The lowest BCUT2D eigenvalue weighted by molar-refractivity contribution is -0.117. The average Bonchev–Trinajstić information content (AvgIpc) is 1.86. The van der Waals surface area contributed by atoms with Gasteiger partial charge in [-0.25, -0.2) is 0 Å². The Morgan fingerprint density at radius 2 is 2.18 bits per heavy atom. The second-order valence-corrected chi connectivity index (χ2v) is 2.79. The summed E-state index contributed by atoms with van der Waals surface area (Å²) in [5, 5.41) is 3.20. The monoisotopic (exact) mass is 158 g/mol. The molecule has 0 radical (unpaired) electrons. The van der Waals surface area contributed by atoms with Crippen molar-refractivity contribution >= 4 is 5.78 Å². The van der Waals surface area contributed by atoms with Crippen LogP contribution in [0.25, 0.3) is 0 Å². The van der Waals surface area contributed by atoms with Crippen molar-refractivity contribution in [1.29, 1.82) is 0 Å². The van der Waals surface area contributed by atoms with Gasteiger partial charge in [0.15, 0.2) is 0 Å². The molecule has 1 N–H and O–H groups in total. The van der Waals surface area contributed by atoms with Gasteiger partial charge in [-0.1, -0.05) is 6.92 Å². The van der Waals surface area contributed by atoms with Gasteiger partial charge in [-0.2, -0.15) is 0 Å². The van der Waals surface area contributed by atoms with Crippen molar-refractivity contribution in [2.45, 2.75) is 13.8 Å². The van der Waals surface area contributed by atoms with Crippen molar-refractivity contribution in [2.24, 2.45) is 0 Å². The minimum absolute atomic E-state index is 0.226. The minimum Gasteiger partial charge on any atom is -0.316 e. The molecule has 0 rings (SSSR count). The number of carbonyl (C=O) groups is 1. The summed E-state index contributed by atoms with van der Waals surface area (Å²) in [6, 6.07) is 0. The first kappa shape index (κ1) is 10.6. The third-order valence-corrected chi connectivity index (χ3v) is 1.41. The van der Waals surface area contributed by atoms with Gasteiger partial charge in [0.25, 0.3) is 0 Å². The molecule has 66 valence electrons. The molecular weight excluding hydrogens is 140 g/mol. The zero-order chi connectivity index (χ0) is 8.69. The molecule has 0 fully saturated rings. The summed E-state index contributed by atoms with van der Waals surface area (Å²) in [6.45, 7) is 7.14. The SMILES string of the molecule is CCNCCN(C)CC(C)=O. The highest BCUT2D eigenvalue weighted by atomic mass is 16.1. The third-order valence-electron chi connectivity index (χ3n) is 1.41. The van der Waals surface area contributed by atoms with E-state index in [4.69, 9.17) is 0 Å². The van der Waals surface area contributed by atoms with Gasteiger partial charge < -0.3 is 5.32 Å². The van der Waals surface area contributed by atoms with Gasteiger partial charge in [0.2, 0.25) is 0 Å². The first-order chi connectivity index (χ1) is 5.16. The molecule has 3 heteroatoms. The van der Waals surface area contributed by atoms with Gasteiger partial charge in [0, 0.05) is 13.1 Å². The van der Waals surface area contributed by atoms with E-state index < -0.39 is 0 Å². The van der Waals surface area contributed by atoms with E-state index in [9.17, 15) is 4.79 Å². The number of likely N-dealkylation sites (N-methyl/N-ethyl adjacent to an activating group) is 2. The molecule has 0 aliphatic heterocycles. The van der Waals surface area contributed by atoms with Crippen molar-refractivity contribution in [3.63, 3.8) is 0 Å². The first-order valence-electron chi connectivity index (χ1n) is 4.05. The summed E-state index contributed by atoms with van der Waals surface area (Å²) >= 11 is 0. The largest absolute Gasteiger partial charge is 0.316 e. The highest BCUT2D eigenvalue weighted by Gasteiger charge is 1.99. The molecule has 0 aromatic heterocycles. The molecule has 0 spiro atoms. The fraction of sp³-hybridized carbons (Fsp3) is 0.875. The Hall–Kier alpha value is -0.410. The minimum atomic E-state index is 0.226. The van der Waals surface area contributed by atoms with Crippen LogP contribution in [-0.2, 0) is 4.79 Å². The lowest BCUT2D eigenvalue weighted by Crippen LogP contribution is -2.32. The molecule has 3 nitrogen and oxygen atoms in total. The molecule has 0 unspecified atom stereocenters. The van der Waals surface area contributed by atoms with Crippen molar-refractivity contribution < 1.29 is 4.79 Å². The molecular formula is C8H18N2O. The topological polar surface area (TPSA) is 32.3 Å². The number of hydrogen-bond donors (Lipinski definition) is 1. The van der Waals surface area contributed by atoms with E-state index in [0.29, 0.717) is 6.54 Å². The molecule has 0 saturated carbocycles. The second-order valence-electron chi connectivity index (χ2n) is 2.79. The van der Waals surface area contributed by atoms with Crippen LogP contribution < -0.4 is 5.32 Å². The van der Waals surface area contributed by atoms with Crippen LogP contribution in [0, 0.1) is 0 Å². The number of ketones is 1. The normalized spacial score (nSPS) is 10.5. The van der Waals surface area contributed by atoms with E-state index in [1.54, 1.807) is 6.92 Å². The van der Waals surface area contributed by atoms with E-state index in [-0.39, 0.29) is 5.78 Å². The van der Waals surface area contributed by atoms with E-state index in [1.807, 2.05) is 11.9 Å². The maximum absolute atomic E-state index is 10.6. The Morgan fingerprint density at radius 1 is 1.55 bits per heavy atom. The number of hydrogen-bond acceptors (Lipinski definition) is 3. The van der Waals surface area contributed by atoms with Crippen molar-refractivity contribution in [3.8, 4) is 0 Å². The first-order valence-corrected chi connectivity index (χ1v) is 4.05. The summed E-state index contributed by atoms with van der Waals surface area (Å²) in [6.07, 6.45) is 0. The Kier molecular flexibility index (Phi) is 6.07. The number of nitrogens with zero attached hydrogens (tertiary/aromatic N) is 1. The van der Waals surface area contributed by atoms with Gasteiger partial charge in [-0.3, -0.25) is 9.69 Å². The molecule has 0 atom stereocenters. The van der Waals surface area contributed by atoms with Gasteiger partial charge in [-0.05, 0) is 20.5 Å². The van der Waals surface area contributed by atoms with Gasteiger partial charge in [0.05, 0.1) is 6.54 Å². The van der Waals surface area contributed by atoms with Gasteiger partial charge in [-0.15, -0.1) is 0 Å². The fourth-order valence-electron chi connectivity index (χ4n) is 0.906. The van der Waals surface area contributed by atoms with Crippen LogP contribution in [0.1, 0.15) is 13.8 Å². The molecule has 0 saturated heterocycles. The molecule has 0 amide bonds. The lowest BCUT2D eigenvalue weighted by atomic mass is 10.4. The number of Topliss-reactive ketones (excluding diaryl/α,β-unsaturated/α-hetero) is 1. The van der Waals surface area contributed by atoms with Crippen molar-refractivity contribution in [1.82, 2.24) is 10.2 Å². The standard InChI is InChI=1S/C8H18N2O/c1-4-9-5-6-10(3)7-8(2)11/h9H,4-7H2,1-3H3. The van der Waals surface area contributed by atoms with Crippen LogP contribution in [-0.4, -0.2) is 43.9 Å². The maximum Gasteiger partial charge on any atom is 0.143 e. The van der Waals surface area contributed by atoms with Crippen LogP contribution >= 0.6 is 0 Å². The summed E-state index contributed by atoms with van der Waals surface area (Å²) in [7, 11) is 1.96. The molecule has 0 aliphatic carbocycles. The van der Waals surface area contributed by atoms with Gasteiger partial charge in [0.1, 0.15) is 5.78 Å². The van der Waals surface area contributed by atoms with Gasteiger partial charge >= 0.3 is 0 Å². The summed E-state index contributed by atoms with van der Waals surface area (Å²) in [4.78, 5) is 12.6. The summed E-state index contributed by atoms with van der Waals surface area (Å²) in [5.41, 5.74) is 0. The lowest BCUT2D eigenvalue weighted by Gasteiger charge is -2.14. The fourth-order valence-corrected chi connectivity index (χ4v) is 0.906. The number of nitrogens with one attached hydrogen (secondary N) is 1. The average molecular weight is 158 g/mol. The van der Waals surface area contributed by atoms with Crippen LogP contribution in [0.3, 0.4) is 0 Å². The predicted molar refractivity (Wildman–Crippen MR) is 46.7 cm³/mol. The molecule has 0 aliphatic rings. The van der Waals surface area contributed by atoms with Crippen molar-refractivity contribution in [2.75, 3.05) is 33.2 Å². The van der Waals surface area contributed by atoms with E-state index in [1.165, 1.54) is 0 Å². The summed E-state index contributed by atoms with van der Waals surface area (Å²) < 4.78 is 0. The molecule has 0 heterocycles. The number of carbonyl (C=O) groups excluding carboxylic acids is 1. The third kappa shape index (κ3) is 7.49. The quantitative estimate of drug-likeness (QED) is 0.557. The van der Waals surface area contributed by atoms with E-state index in [2.05, 4.69) is 12.2 Å². The van der Waals surface area contributed by atoms with Crippen LogP contribution in [0.5, 0.6) is 0 Å².